The second kappa shape index (κ2) is 7.94. The van der Waals surface area contributed by atoms with Gasteiger partial charge < -0.3 is 9.88 Å². The smallest absolute Gasteiger partial charge is 0.234 e. The largest absolute Gasteiger partial charge is 0.351 e. The van der Waals surface area contributed by atoms with Gasteiger partial charge >= 0.3 is 0 Å². The minimum Gasteiger partial charge on any atom is -0.351 e. The molecule has 1 atom stereocenters. The molecule has 4 rings (SSSR count). The number of carbonyl (C=O) groups excluding carboxylic acids is 1. The molecule has 0 radical (unpaired) electrons. The maximum atomic E-state index is 12.6. The summed E-state index contributed by atoms with van der Waals surface area (Å²) in [7, 11) is 0. The maximum absolute atomic E-state index is 12.6. The van der Waals surface area contributed by atoms with Gasteiger partial charge in [-0.1, -0.05) is 35.9 Å². The molecule has 0 fully saturated rings. The first-order chi connectivity index (χ1) is 13.2. The van der Waals surface area contributed by atoms with Crippen LogP contribution < -0.4 is 5.32 Å². The summed E-state index contributed by atoms with van der Waals surface area (Å²) in [4.78, 5) is 18.9. The van der Waals surface area contributed by atoms with Crippen molar-refractivity contribution in [2.24, 2.45) is 0 Å². The van der Waals surface area contributed by atoms with Crippen LogP contribution in [0.2, 0.25) is 5.02 Å². The van der Waals surface area contributed by atoms with Gasteiger partial charge in [-0.3, -0.25) is 14.7 Å². The zero-order valence-electron chi connectivity index (χ0n) is 14.9. The summed E-state index contributed by atoms with van der Waals surface area (Å²) in [5.41, 5.74) is 3.18. The number of carbonyl (C=O) groups is 1. The molecular formula is C21H21ClN4O. The number of amides is 1. The third-order valence-corrected chi connectivity index (χ3v) is 5.24. The molecule has 3 aromatic rings. The molecule has 3 heterocycles. The molecule has 27 heavy (non-hydrogen) atoms. The molecule has 0 bridgehead atoms. The number of nitrogens with zero attached hydrogens (tertiary/aromatic N) is 3. The third-order valence-electron chi connectivity index (χ3n) is 4.90. The first-order valence-corrected chi connectivity index (χ1v) is 9.39. The van der Waals surface area contributed by atoms with Crippen LogP contribution in [0, 0.1) is 0 Å². The van der Waals surface area contributed by atoms with Crippen molar-refractivity contribution >= 4 is 17.5 Å². The van der Waals surface area contributed by atoms with Crippen molar-refractivity contribution in [1.82, 2.24) is 19.8 Å². The Morgan fingerprint density at radius 1 is 1.15 bits per heavy atom. The van der Waals surface area contributed by atoms with Gasteiger partial charge in [-0.15, -0.1) is 0 Å². The first-order valence-electron chi connectivity index (χ1n) is 9.01. The fourth-order valence-corrected chi connectivity index (χ4v) is 3.84. The molecule has 138 valence electrons. The molecule has 2 aromatic heterocycles. The van der Waals surface area contributed by atoms with Crippen molar-refractivity contribution in [3.05, 3.63) is 89.0 Å². The Morgan fingerprint density at radius 3 is 2.85 bits per heavy atom. The summed E-state index contributed by atoms with van der Waals surface area (Å²) in [6, 6.07) is 15.8. The van der Waals surface area contributed by atoms with Gasteiger partial charge in [0.25, 0.3) is 0 Å². The predicted molar refractivity (Wildman–Crippen MR) is 105 cm³/mol. The topological polar surface area (TPSA) is 50.2 Å². The van der Waals surface area contributed by atoms with Gasteiger partial charge in [0.1, 0.15) is 0 Å². The van der Waals surface area contributed by atoms with Gasteiger partial charge in [0.2, 0.25) is 5.91 Å². The van der Waals surface area contributed by atoms with E-state index in [1.165, 1.54) is 0 Å². The van der Waals surface area contributed by atoms with E-state index in [9.17, 15) is 4.79 Å². The molecule has 0 aliphatic carbocycles. The average molecular weight is 381 g/mol. The van der Waals surface area contributed by atoms with Crippen LogP contribution in [0.4, 0.5) is 0 Å². The van der Waals surface area contributed by atoms with Crippen LogP contribution in [0.3, 0.4) is 0 Å². The van der Waals surface area contributed by atoms with Gasteiger partial charge in [-0.05, 0) is 35.4 Å². The van der Waals surface area contributed by atoms with E-state index >= 15 is 0 Å². The zero-order valence-corrected chi connectivity index (χ0v) is 15.6. The highest BCUT2D eigenvalue weighted by Crippen LogP contribution is 2.35. The van der Waals surface area contributed by atoms with E-state index in [1.807, 2.05) is 42.5 Å². The van der Waals surface area contributed by atoms with Gasteiger partial charge in [-0.25, -0.2) is 0 Å². The third kappa shape index (κ3) is 3.89. The van der Waals surface area contributed by atoms with Crippen molar-refractivity contribution in [1.29, 1.82) is 0 Å². The minimum absolute atomic E-state index is 0.00378. The van der Waals surface area contributed by atoms with Crippen molar-refractivity contribution in [2.45, 2.75) is 19.1 Å². The Hall–Kier alpha value is -2.63. The maximum Gasteiger partial charge on any atom is 0.234 e. The van der Waals surface area contributed by atoms with E-state index in [0.717, 1.165) is 34.9 Å². The Labute approximate surface area is 163 Å². The van der Waals surface area contributed by atoms with Gasteiger partial charge in [-0.2, -0.15) is 0 Å². The number of rotatable bonds is 5. The molecule has 1 N–H and O–H groups in total. The molecular weight excluding hydrogens is 360 g/mol. The van der Waals surface area contributed by atoms with Crippen molar-refractivity contribution in [3.8, 4) is 0 Å². The summed E-state index contributed by atoms with van der Waals surface area (Å²) < 4.78 is 2.23. The number of fused-ring (bicyclic) bond motifs is 1. The summed E-state index contributed by atoms with van der Waals surface area (Å²) in [5, 5.41) is 3.71. The number of pyridine rings is 1. The highest BCUT2D eigenvalue weighted by molar-refractivity contribution is 6.31. The molecule has 1 aliphatic rings. The fraction of sp³-hybridized carbons (Fsp3) is 0.238. The standard InChI is InChI=1S/C21H21ClN4O/c22-18-7-2-1-6-17(18)21-19-8-4-10-25(19)11-12-26(21)15-20(27)24-14-16-5-3-9-23-13-16/h1-10,13,21H,11-12,14-15H2,(H,24,27). The van der Waals surface area contributed by atoms with E-state index in [0.29, 0.717) is 13.1 Å². The monoisotopic (exact) mass is 380 g/mol. The van der Waals surface area contributed by atoms with E-state index in [1.54, 1.807) is 12.4 Å². The van der Waals surface area contributed by atoms with Gasteiger partial charge in [0.15, 0.2) is 0 Å². The molecule has 0 spiro atoms. The minimum atomic E-state index is -0.0356. The van der Waals surface area contributed by atoms with Crippen molar-refractivity contribution in [2.75, 3.05) is 13.1 Å². The molecule has 0 saturated carbocycles. The van der Waals surface area contributed by atoms with E-state index < -0.39 is 0 Å². The SMILES string of the molecule is O=C(CN1CCn2cccc2C1c1ccccc1Cl)NCc1cccnc1. The van der Waals surface area contributed by atoms with Crippen LogP contribution in [0.1, 0.15) is 22.9 Å². The Balaban J connectivity index is 1.52. The quantitative estimate of drug-likeness (QED) is 0.739. The second-order valence-corrected chi connectivity index (χ2v) is 7.07. The Morgan fingerprint density at radius 2 is 2.04 bits per heavy atom. The molecule has 1 aliphatic heterocycles. The molecule has 6 heteroatoms. The molecule has 1 aromatic carbocycles. The number of halogens is 1. The van der Waals surface area contributed by atoms with E-state index in [2.05, 4.69) is 32.0 Å². The van der Waals surface area contributed by atoms with Crippen LogP contribution in [0.25, 0.3) is 0 Å². The highest BCUT2D eigenvalue weighted by Gasteiger charge is 2.31. The Kier molecular flexibility index (Phi) is 5.23. The summed E-state index contributed by atoms with van der Waals surface area (Å²) in [6.45, 7) is 2.45. The predicted octanol–water partition coefficient (Wildman–Crippen LogP) is 3.26. The number of benzene rings is 1. The number of hydrogen-bond acceptors (Lipinski definition) is 3. The lowest BCUT2D eigenvalue weighted by atomic mass is 10.00. The molecule has 1 amide bonds. The van der Waals surface area contributed by atoms with Crippen molar-refractivity contribution < 1.29 is 4.79 Å². The van der Waals surface area contributed by atoms with E-state index in [4.69, 9.17) is 11.6 Å². The summed E-state index contributed by atoms with van der Waals surface area (Å²) in [5.74, 6) is -0.00378. The summed E-state index contributed by atoms with van der Waals surface area (Å²) >= 11 is 6.49. The molecule has 0 saturated heterocycles. The molecule has 1 unspecified atom stereocenters. The van der Waals surface area contributed by atoms with Gasteiger partial charge in [0, 0.05) is 48.9 Å². The van der Waals surface area contributed by atoms with Crippen LogP contribution in [0.15, 0.2) is 67.1 Å². The average Bonchev–Trinajstić information content (AvgIpc) is 3.17. The van der Waals surface area contributed by atoms with Crippen LogP contribution in [0.5, 0.6) is 0 Å². The lowest BCUT2D eigenvalue weighted by molar-refractivity contribution is -0.123. The summed E-state index contributed by atoms with van der Waals surface area (Å²) in [6.07, 6.45) is 5.57. The second-order valence-electron chi connectivity index (χ2n) is 6.66. The first kappa shape index (κ1) is 17.8. The number of nitrogens with one attached hydrogen (secondary N) is 1. The van der Waals surface area contributed by atoms with Crippen LogP contribution in [-0.4, -0.2) is 33.4 Å². The van der Waals surface area contributed by atoms with Crippen LogP contribution >= 0.6 is 11.6 Å². The zero-order chi connectivity index (χ0) is 18.6. The number of aromatic nitrogens is 2. The normalized spacial score (nSPS) is 16.7. The number of hydrogen-bond donors (Lipinski definition) is 1. The van der Waals surface area contributed by atoms with E-state index in [-0.39, 0.29) is 11.9 Å². The van der Waals surface area contributed by atoms with Crippen LogP contribution in [-0.2, 0) is 17.9 Å². The Bertz CT molecular complexity index is 925. The lowest BCUT2D eigenvalue weighted by Crippen LogP contribution is -2.44. The molecule has 5 nitrogen and oxygen atoms in total. The lowest BCUT2D eigenvalue weighted by Gasteiger charge is -2.37. The van der Waals surface area contributed by atoms with Crippen molar-refractivity contribution in [3.63, 3.8) is 0 Å². The highest BCUT2D eigenvalue weighted by atomic mass is 35.5. The van der Waals surface area contributed by atoms with Gasteiger partial charge in [0.05, 0.1) is 12.6 Å². The fourth-order valence-electron chi connectivity index (χ4n) is 3.60.